The smallest absolute Gasteiger partial charge is 0.255 e. The average molecular weight is 577 g/mol. The lowest BCUT2D eigenvalue weighted by atomic mass is 9.70. The first-order chi connectivity index (χ1) is 18.4. The van der Waals surface area contributed by atoms with Gasteiger partial charge in [0.05, 0.1) is 20.9 Å². The second-order valence-electron chi connectivity index (χ2n) is 10.3. The number of carbonyl (C=O) groups is 1. The van der Waals surface area contributed by atoms with Gasteiger partial charge in [-0.1, -0.05) is 17.7 Å². The molecule has 39 heavy (non-hydrogen) atoms. The highest BCUT2D eigenvalue weighted by atomic mass is 35.5. The number of benzene rings is 2. The molecule has 1 aromatic heterocycles. The van der Waals surface area contributed by atoms with Crippen LogP contribution >= 0.6 is 11.6 Å². The third-order valence-electron chi connectivity index (χ3n) is 8.13. The summed E-state index contributed by atoms with van der Waals surface area (Å²) in [6, 6.07) is 10.2. The molecule has 2 aliphatic rings. The van der Waals surface area contributed by atoms with Crippen molar-refractivity contribution in [2.24, 2.45) is 11.8 Å². The lowest BCUT2D eigenvalue weighted by molar-refractivity contribution is -0.146. The van der Waals surface area contributed by atoms with Crippen LogP contribution in [0.3, 0.4) is 0 Å². The van der Waals surface area contributed by atoms with Crippen molar-refractivity contribution >= 4 is 33.0 Å². The van der Waals surface area contributed by atoms with E-state index in [9.17, 15) is 32.2 Å². The molecule has 3 aromatic rings. The number of nitrogens with zero attached hydrogens (tertiary/aromatic N) is 1. The minimum atomic E-state index is -4.04. The zero-order valence-corrected chi connectivity index (χ0v) is 22.5. The third kappa shape index (κ3) is 4.84. The Balaban J connectivity index is 1.39. The second kappa shape index (κ2) is 10.2. The summed E-state index contributed by atoms with van der Waals surface area (Å²) in [6.45, 7) is 1.80. The molecule has 5 atom stereocenters. The van der Waals surface area contributed by atoms with E-state index in [1.54, 1.807) is 25.3 Å². The van der Waals surface area contributed by atoms with Crippen LogP contribution in [0.5, 0.6) is 0 Å². The van der Waals surface area contributed by atoms with E-state index in [1.807, 2.05) is 0 Å². The number of aromatic nitrogens is 1. The minimum absolute atomic E-state index is 0.00287. The molecular formula is C28H27ClF2N2O5S. The number of hydrogen-bond acceptors (Lipinski definition) is 6. The van der Waals surface area contributed by atoms with Gasteiger partial charge in [0.1, 0.15) is 11.7 Å². The predicted molar refractivity (Wildman–Crippen MR) is 141 cm³/mol. The predicted octanol–water partition coefficient (Wildman–Crippen LogP) is 5.00. The summed E-state index contributed by atoms with van der Waals surface area (Å²) in [4.78, 5) is 16.8. The first kappa shape index (κ1) is 27.6. The Hall–Kier alpha value is -2.92. The number of halogens is 3. The number of carbonyl (C=O) groups excluding carboxylic acids is 1. The van der Waals surface area contributed by atoms with Crippen molar-refractivity contribution in [3.63, 3.8) is 0 Å². The van der Waals surface area contributed by atoms with E-state index in [0.29, 0.717) is 18.5 Å². The lowest BCUT2D eigenvalue weighted by Gasteiger charge is -2.45. The quantitative estimate of drug-likeness (QED) is 0.380. The Morgan fingerprint density at radius 2 is 1.79 bits per heavy atom. The zero-order valence-electron chi connectivity index (χ0n) is 20.9. The number of aliphatic hydroxyl groups excluding tert-OH is 1. The normalized spacial score (nSPS) is 25.3. The Morgan fingerprint density at radius 1 is 1.10 bits per heavy atom. The molecule has 1 heterocycles. The summed E-state index contributed by atoms with van der Waals surface area (Å²) < 4.78 is 54.3. The van der Waals surface area contributed by atoms with Crippen LogP contribution in [0.4, 0.5) is 14.5 Å². The van der Waals surface area contributed by atoms with Crippen molar-refractivity contribution in [3.05, 3.63) is 88.2 Å². The highest BCUT2D eigenvalue weighted by Gasteiger charge is 2.59. The van der Waals surface area contributed by atoms with Gasteiger partial charge in [0.15, 0.2) is 21.5 Å². The van der Waals surface area contributed by atoms with Gasteiger partial charge >= 0.3 is 0 Å². The van der Waals surface area contributed by atoms with E-state index in [-0.39, 0.29) is 34.0 Å². The molecule has 2 bridgehead atoms. The van der Waals surface area contributed by atoms with E-state index < -0.39 is 56.2 Å². The van der Waals surface area contributed by atoms with Crippen LogP contribution in [0.15, 0.2) is 59.6 Å². The van der Waals surface area contributed by atoms with E-state index in [0.717, 1.165) is 17.7 Å². The van der Waals surface area contributed by atoms with E-state index in [1.165, 1.54) is 24.3 Å². The van der Waals surface area contributed by atoms with Gasteiger partial charge in [-0.2, -0.15) is 0 Å². The standard InChI is InChI=1S/C28H27ClF2N2O5S/c1-15-3-2-10-32-25(15)26(34)28(36)17-5-6-18(28)13-20(12-17)39(37,38)24-11-16(4-8-21(24)29)27(35)33-19-7-9-22(30)23(31)14-19/h2-4,7-11,14,17-18,20,26,34,36H,5-6,12-13H2,1H3,(H,33,35)/t17-,18?,20?,26-,28?/m0/s1. The van der Waals surface area contributed by atoms with Gasteiger partial charge in [-0.25, -0.2) is 17.2 Å². The van der Waals surface area contributed by atoms with Crippen molar-refractivity contribution in [3.8, 4) is 0 Å². The topological polar surface area (TPSA) is 117 Å². The molecule has 3 N–H and O–H groups in total. The molecule has 0 radical (unpaired) electrons. The average Bonchev–Trinajstić information content (AvgIpc) is 3.06. The van der Waals surface area contributed by atoms with Crippen molar-refractivity contribution < 1.29 is 32.2 Å². The molecule has 0 saturated heterocycles. The fraction of sp³-hybridized carbons (Fsp3) is 0.357. The number of fused-ring (bicyclic) bond motifs is 2. The fourth-order valence-electron chi connectivity index (χ4n) is 6.06. The number of pyridine rings is 1. The summed E-state index contributed by atoms with van der Waals surface area (Å²) in [5.41, 5.74) is -0.429. The number of anilines is 1. The number of amides is 1. The van der Waals surface area contributed by atoms with Crippen molar-refractivity contribution in [1.82, 2.24) is 4.98 Å². The molecule has 2 aliphatic carbocycles. The molecule has 0 spiro atoms. The van der Waals surface area contributed by atoms with Crippen LogP contribution in [0, 0.1) is 30.4 Å². The van der Waals surface area contributed by atoms with Crippen LogP contribution in [-0.2, 0) is 9.84 Å². The summed E-state index contributed by atoms with van der Waals surface area (Å²) in [5, 5.41) is 24.4. The summed E-state index contributed by atoms with van der Waals surface area (Å²) >= 11 is 6.30. The number of sulfone groups is 1. The van der Waals surface area contributed by atoms with Gasteiger partial charge < -0.3 is 15.5 Å². The van der Waals surface area contributed by atoms with Crippen LogP contribution in [0.1, 0.15) is 53.4 Å². The van der Waals surface area contributed by atoms with Crippen molar-refractivity contribution in [1.29, 1.82) is 0 Å². The van der Waals surface area contributed by atoms with Crippen LogP contribution in [-0.4, -0.2) is 40.4 Å². The van der Waals surface area contributed by atoms with Gasteiger partial charge in [-0.3, -0.25) is 9.78 Å². The SMILES string of the molecule is Cc1cccnc1[C@H](O)C1(O)C2CC[C@H]1CC(S(=O)(=O)c1cc(C(=O)Nc3ccc(F)c(F)c3)ccc1Cl)C2. The van der Waals surface area contributed by atoms with Crippen molar-refractivity contribution in [2.75, 3.05) is 5.32 Å². The van der Waals surface area contributed by atoms with Gasteiger partial charge in [0, 0.05) is 23.5 Å². The van der Waals surface area contributed by atoms with Gasteiger partial charge in [0.2, 0.25) is 0 Å². The Kier molecular flexibility index (Phi) is 7.26. The van der Waals surface area contributed by atoms with E-state index in [4.69, 9.17) is 11.6 Å². The highest BCUT2D eigenvalue weighted by Crippen LogP contribution is 2.56. The highest BCUT2D eigenvalue weighted by molar-refractivity contribution is 7.92. The maximum absolute atomic E-state index is 13.8. The molecule has 206 valence electrons. The molecule has 2 aromatic carbocycles. The number of aliphatic hydroxyl groups is 2. The molecule has 5 rings (SSSR count). The molecule has 7 nitrogen and oxygen atoms in total. The van der Waals surface area contributed by atoms with Crippen LogP contribution < -0.4 is 5.32 Å². The first-order valence-corrected chi connectivity index (χ1v) is 14.5. The molecular weight excluding hydrogens is 550 g/mol. The monoisotopic (exact) mass is 576 g/mol. The fourth-order valence-corrected chi connectivity index (χ4v) is 8.47. The Bertz CT molecular complexity index is 1540. The summed E-state index contributed by atoms with van der Waals surface area (Å²) in [6.07, 6.45) is 1.62. The number of rotatable bonds is 6. The third-order valence-corrected chi connectivity index (χ3v) is 10.8. The molecule has 2 fully saturated rings. The van der Waals surface area contributed by atoms with E-state index >= 15 is 0 Å². The van der Waals surface area contributed by atoms with Crippen LogP contribution in [0.25, 0.3) is 0 Å². The molecule has 11 heteroatoms. The lowest BCUT2D eigenvalue weighted by Crippen LogP contribution is -2.52. The van der Waals surface area contributed by atoms with Gasteiger partial charge in [0.25, 0.3) is 5.91 Å². The molecule has 1 amide bonds. The Morgan fingerprint density at radius 3 is 2.44 bits per heavy atom. The number of aryl methyl sites for hydroxylation is 1. The second-order valence-corrected chi connectivity index (χ2v) is 12.9. The summed E-state index contributed by atoms with van der Waals surface area (Å²) in [5.74, 6) is -3.88. The molecule has 2 saturated carbocycles. The molecule has 3 unspecified atom stereocenters. The largest absolute Gasteiger partial charge is 0.386 e. The van der Waals surface area contributed by atoms with E-state index in [2.05, 4.69) is 10.3 Å². The number of hydrogen-bond donors (Lipinski definition) is 3. The molecule has 0 aliphatic heterocycles. The van der Waals surface area contributed by atoms with Gasteiger partial charge in [-0.15, -0.1) is 0 Å². The minimum Gasteiger partial charge on any atom is -0.386 e. The van der Waals surface area contributed by atoms with Crippen LogP contribution in [0.2, 0.25) is 5.02 Å². The maximum Gasteiger partial charge on any atom is 0.255 e. The summed E-state index contributed by atoms with van der Waals surface area (Å²) in [7, 11) is -4.04. The Labute approximate surface area is 229 Å². The van der Waals surface area contributed by atoms with Gasteiger partial charge in [-0.05, 0) is 86.4 Å². The number of nitrogens with one attached hydrogen (secondary N) is 1. The maximum atomic E-state index is 13.8. The first-order valence-electron chi connectivity index (χ1n) is 12.5. The zero-order chi connectivity index (χ0) is 28.1. The van der Waals surface area contributed by atoms with Crippen molar-refractivity contribution in [2.45, 2.75) is 54.5 Å².